The highest BCUT2D eigenvalue weighted by Crippen LogP contribution is 2.29. The second-order valence-electron chi connectivity index (χ2n) is 6.41. The van der Waals surface area contributed by atoms with Crippen LogP contribution in [-0.4, -0.2) is 49.1 Å². The lowest BCUT2D eigenvalue weighted by Crippen LogP contribution is -2.45. The number of thioether (sulfide) groups is 1. The van der Waals surface area contributed by atoms with Gasteiger partial charge in [0.05, 0.1) is 0 Å². The van der Waals surface area contributed by atoms with Gasteiger partial charge in [0.1, 0.15) is 0 Å². The Kier molecular flexibility index (Phi) is 7.78. The minimum absolute atomic E-state index is 0.463. The molecule has 1 N–H and O–H groups in total. The van der Waals surface area contributed by atoms with Crippen LogP contribution in [0.2, 0.25) is 0 Å². The molecular weight excluding hydrogens is 252 g/mol. The maximum Gasteiger partial charge on any atom is 0.00719 e. The Morgan fingerprint density at radius 3 is 2.42 bits per heavy atom. The van der Waals surface area contributed by atoms with E-state index in [2.05, 4.69) is 44.3 Å². The van der Waals surface area contributed by atoms with Crippen molar-refractivity contribution < 1.29 is 0 Å². The van der Waals surface area contributed by atoms with Crippen molar-refractivity contribution in [3.05, 3.63) is 0 Å². The van der Waals surface area contributed by atoms with Crippen molar-refractivity contribution in [2.75, 3.05) is 32.1 Å². The zero-order chi connectivity index (χ0) is 14.3. The molecule has 1 aliphatic carbocycles. The van der Waals surface area contributed by atoms with E-state index in [9.17, 15) is 0 Å². The minimum Gasteiger partial charge on any atom is -0.313 e. The second-order valence-corrected chi connectivity index (χ2v) is 7.39. The van der Waals surface area contributed by atoms with Gasteiger partial charge in [-0.3, -0.25) is 0 Å². The van der Waals surface area contributed by atoms with E-state index in [0.717, 1.165) is 6.04 Å². The summed E-state index contributed by atoms with van der Waals surface area (Å²) < 4.78 is 0. The molecule has 0 radical (unpaired) electrons. The molecule has 0 heterocycles. The summed E-state index contributed by atoms with van der Waals surface area (Å²) in [4.78, 5) is 2.58. The summed E-state index contributed by atoms with van der Waals surface area (Å²) in [6, 6.07) is 1.53. The number of hydrogen-bond acceptors (Lipinski definition) is 3. The SMILES string of the molecule is CCC(CC)(CNC1CC1)CN(C)C(C)CCSC. The van der Waals surface area contributed by atoms with E-state index in [-0.39, 0.29) is 0 Å². The first-order chi connectivity index (χ1) is 9.06. The predicted octanol–water partition coefficient (Wildman–Crippen LogP) is 3.62. The van der Waals surface area contributed by atoms with E-state index in [1.807, 2.05) is 11.8 Å². The molecule has 1 rings (SSSR count). The summed E-state index contributed by atoms with van der Waals surface area (Å²) >= 11 is 1.96. The van der Waals surface area contributed by atoms with Crippen molar-refractivity contribution in [1.29, 1.82) is 0 Å². The first-order valence-corrected chi connectivity index (χ1v) is 9.39. The average Bonchev–Trinajstić information content (AvgIpc) is 3.24. The van der Waals surface area contributed by atoms with Crippen molar-refractivity contribution in [2.45, 2.75) is 65.0 Å². The summed E-state index contributed by atoms with van der Waals surface area (Å²) in [6.07, 6.45) is 8.85. The van der Waals surface area contributed by atoms with Gasteiger partial charge in [0, 0.05) is 25.2 Å². The van der Waals surface area contributed by atoms with Crippen molar-refractivity contribution in [2.24, 2.45) is 5.41 Å². The zero-order valence-electron chi connectivity index (χ0n) is 13.7. The van der Waals surface area contributed by atoms with E-state index in [1.165, 1.54) is 50.9 Å². The smallest absolute Gasteiger partial charge is 0.00719 e. The number of nitrogens with one attached hydrogen (secondary N) is 1. The molecule has 114 valence electrons. The van der Waals surface area contributed by atoms with Crippen LogP contribution >= 0.6 is 11.8 Å². The molecule has 0 spiro atoms. The quantitative estimate of drug-likeness (QED) is 0.624. The fraction of sp³-hybridized carbons (Fsp3) is 1.00. The Labute approximate surface area is 125 Å². The van der Waals surface area contributed by atoms with Gasteiger partial charge in [-0.25, -0.2) is 0 Å². The number of hydrogen-bond donors (Lipinski definition) is 1. The van der Waals surface area contributed by atoms with Gasteiger partial charge in [-0.15, -0.1) is 0 Å². The van der Waals surface area contributed by atoms with Gasteiger partial charge in [-0.05, 0) is 63.5 Å². The maximum atomic E-state index is 3.76. The molecule has 19 heavy (non-hydrogen) atoms. The zero-order valence-corrected chi connectivity index (χ0v) is 14.5. The van der Waals surface area contributed by atoms with Gasteiger partial charge in [0.15, 0.2) is 0 Å². The second kappa shape index (κ2) is 8.53. The van der Waals surface area contributed by atoms with E-state index in [0.29, 0.717) is 11.5 Å². The molecular formula is C16H34N2S. The van der Waals surface area contributed by atoms with Crippen molar-refractivity contribution in [1.82, 2.24) is 10.2 Å². The first-order valence-electron chi connectivity index (χ1n) is 7.99. The molecule has 1 unspecified atom stereocenters. The van der Waals surface area contributed by atoms with E-state index < -0.39 is 0 Å². The van der Waals surface area contributed by atoms with Crippen molar-refractivity contribution in [3.8, 4) is 0 Å². The Bertz CT molecular complexity index is 237. The van der Waals surface area contributed by atoms with Crippen LogP contribution < -0.4 is 5.32 Å². The molecule has 1 aliphatic rings. The monoisotopic (exact) mass is 286 g/mol. The third-order valence-corrected chi connectivity index (χ3v) is 5.56. The van der Waals surface area contributed by atoms with Crippen LogP contribution in [0.4, 0.5) is 0 Å². The summed E-state index contributed by atoms with van der Waals surface area (Å²) in [5.41, 5.74) is 0.463. The minimum atomic E-state index is 0.463. The fourth-order valence-corrected chi connectivity index (χ4v) is 3.20. The summed E-state index contributed by atoms with van der Waals surface area (Å²) in [6.45, 7) is 9.52. The predicted molar refractivity (Wildman–Crippen MR) is 89.1 cm³/mol. The fourth-order valence-electron chi connectivity index (χ4n) is 2.62. The van der Waals surface area contributed by atoms with Gasteiger partial charge in [0.2, 0.25) is 0 Å². The van der Waals surface area contributed by atoms with Crippen LogP contribution in [0.15, 0.2) is 0 Å². The van der Waals surface area contributed by atoms with Crippen LogP contribution in [0.1, 0.15) is 52.9 Å². The van der Waals surface area contributed by atoms with Crippen molar-refractivity contribution >= 4 is 11.8 Å². The highest BCUT2D eigenvalue weighted by Gasteiger charge is 2.31. The highest BCUT2D eigenvalue weighted by molar-refractivity contribution is 7.98. The maximum absolute atomic E-state index is 3.76. The molecule has 2 nitrogen and oxygen atoms in total. The highest BCUT2D eigenvalue weighted by atomic mass is 32.2. The summed E-state index contributed by atoms with van der Waals surface area (Å²) in [5, 5.41) is 3.76. The average molecular weight is 287 g/mol. The van der Waals surface area contributed by atoms with Gasteiger partial charge in [-0.1, -0.05) is 13.8 Å². The lowest BCUT2D eigenvalue weighted by Gasteiger charge is -2.38. The molecule has 0 saturated heterocycles. The van der Waals surface area contributed by atoms with Crippen LogP contribution in [-0.2, 0) is 0 Å². The number of nitrogens with zero attached hydrogens (tertiary/aromatic N) is 1. The van der Waals surface area contributed by atoms with Crippen LogP contribution in [0.25, 0.3) is 0 Å². The molecule has 0 aliphatic heterocycles. The Balaban J connectivity index is 2.44. The molecule has 0 aromatic carbocycles. The van der Waals surface area contributed by atoms with Crippen LogP contribution in [0.3, 0.4) is 0 Å². The summed E-state index contributed by atoms with van der Waals surface area (Å²) in [7, 11) is 2.31. The normalized spacial score (nSPS) is 18.0. The summed E-state index contributed by atoms with van der Waals surface area (Å²) in [5.74, 6) is 1.27. The third-order valence-electron chi connectivity index (χ3n) is 4.92. The van der Waals surface area contributed by atoms with E-state index in [4.69, 9.17) is 0 Å². The van der Waals surface area contributed by atoms with Crippen LogP contribution in [0.5, 0.6) is 0 Å². The molecule has 3 heteroatoms. The topological polar surface area (TPSA) is 15.3 Å². The third kappa shape index (κ3) is 6.05. The molecule has 0 aromatic heterocycles. The van der Waals surface area contributed by atoms with Crippen LogP contribution in [0, 0.1) is 5.41 Å². The Hall–Kier alpha value is 0.270. The van der Waals surface area contributed by atoms with Gasteiger partial charge in [-0.2, -0.15) is 11.8 Å². The van der Waals surface area contributed by atoms with E-state index in [1.54, 1.807) is 0 Å². The number of rotatable bonds is 11. The Morgan fingerprint density at radius 1 is 1.32 bits per heavy atom. The standard InChI is InChI=1S/C16H34N2S/c1-6-16(7-2,12-17-15-8-9-15)13-18(4)14(3)10-11-19-5/h14-15,17H,6-13H2,1-5H3. The molecule has 1 atom stereocenters. The van der Waals surface area contributed by atoms with Gasteiger partial charge < -0.3 is 10.2 Å². The molecule has 1 fully saturated rings. The van der Waals surface area contributed by atoms with Gasteiger partial charge in [0.25, 0.3) is 0 Å². The van der Waals surface area contributed by atoms with Crippen molar-refractivity contribution in [3.63, 3.8) is 0 Å². The van der Waals surface area contributed by atoms with E-state index >= 15 is 0 Å². The molecule has 1 saturated carbocycles. The first kappa shape index (κ1) is 17.3. The largest absolute Gasteiger partial charge is 0.313 e. The molecule has 0 amide bonds. The molecule has 0 bridgehead atoms. The lowest BCUT2D eigenvalue weighted by atomic mass is 9.81. The van der Waals surface area contributed by atoms with Gasteiger partial charge >= 0.3 is 0 Å². The molecule has 0 aromatic rings. The lowest BCUT2D eigenvalue weighted by molar-refractivity contribution is 0.126. The Morgan fingerprint density at radius 2 is 1.95 bits per heavy atom.